The molecule has 0 fully saturated rings. The summed E-state index contributed by atoms with van der Waals surface area (Å²) in [5.74, 6) is 1.66. The van der Waals surface area contributed by atoms with E-state index < -0.39 is 0 Å². The molecule has 3 N–H and O–H groups in total. The Morgan fingerprint density at radius 2 is 2.00 bits per heavy atom. The third kappa shape index (κ3) is 1.93. The summed E-state index contributed by atoms with van der Waals surface area (Å²) in [6, 6.07) is 9.03. The maximum absolute atomic E-state index is 11.5. The van der Waals surface area contributed by atoms with Crippen LogP contribution in [0.3, 0.4) is 0 Å². The SMILES string of the molecule is Nc1ccc(Oc2ccnc3c2CC(=O)N3)c2ncccc12. The van der Waals surface area contributed by atoms with Crippen molar-refractivity contribution in [3.8, 4) is 11.5 Å². The second-order valence-corrected chi connectivity index (χ2v) is 5.02. The van der Waals surface area contributed by atoms with E-state index in [0.29, 0.717) is 28.5 Å². The van der Waals surface area contributed by atoms with Crippen LogP contribution in [-0.4, -0.2) is 15.9 Å². The van der Waals surface area contributed by atoms with Crippen LogP contribution in [0.15, 0.2) is 42.7 Å². The quantitative estimate of drug-likeness (QED) is 0.708. The van der Waals surface area contributed by atoms with Gasteiger partial charge in [0.2, 0.25) is 5.91 Å². The molecule has 3 heterocycles. The number of carbonyl (C=O) groups is 1. The Kier molecular flexibility index (Phi) is 2.69. The van der Waals surface area contributed by atoms with Gasteiger partial charge in [-0.3, -0.25) is 9.78 Å². The van der Waals surface area contributed by atoms with Crippen LogP contribution in [0.2, 0.25) is 0 Å². The maximum atomic E-state index is 11.5. The first-order valence-corrected chi connectivity index (χ1v) is 6.81. The molecule has 1 amide bonds. The number of anilines is 2. The van der Waals surface area contributed by atoms with Crippen molar-refractivity contribution in [2.45, 2.75) is 6.42 Å². The lowest BCUT2D eigenvalue weighted by Gasteiger charge is -2.11. The lowest BCUT2D eigenvalue weighted by Crippen LogP contribution is -2.04. The summed E-state index contributed by atoms with van der Waals surface area (Å²) in [5, 5.41) is 3.54. The molecule has 3 aromatic rings. The number of nitrogens with two attached hydrogens (primary N) is 1. The van der Waals surface area contributed by atoms with Gasteiger partial charge in [0.25, 0.3) is 0 Å². The van der Waals surface area contributed by atoms with Gasteiger partial charge in [0.15, 0.2) is 5.75 Å². The Morgan fingerprint density at radius 1 is 1.09 bits per heavy atom. The smallest absolute Gasteiger partial charge is 0.230 e. The number of nitrogens with one attached hydrogen (secondary N) is 1. The van der Waals surface area contributed by atoms with Gasteiger partial charge in [0.1, 0.15) is 17.1 Å². The number of ether oxygens (including phenoxy) is 1. The highest BCUT2D eigenvalue weighted by molar-refractivity contribution is 5.99. The summed E-state index contributed by atoms with van der Waals surface area (Å²) < 4.78 is 5.99. The summed E-state index contributed by atoms with van der Waals surface area (Å²) in [7, 11) is 0. The number of aromatic nitrogens is 2. The minimum Gasteiger partial charge on any atom is -0.455 e. The van der Waals surface area contributed by atoms with Gasteiger partial charge in [-0.05, 0) is 30.3 Å². The van der Waals surface area contributed by atoms with Gasteiger partial charge in [-0.25, -0.2) is 4.98 Å². The summed E-state index contributed by atoms with van der Waals surface area (Å²) in [5.41, 5.74) is 8.06. The molecule has 22 heavy (non-hydrogen) atoms. The number of hydrogen-bond acceptors (Lipinski definition) is 5. The molecule has 0 radical (unpaired) electrons. The van der Waals surface area contributed by atoms with E-state index in [1.807, 2.05) is 12.1 Å². The Labute approximate surface area is 125 Å². The van der Waals surface area contributed by atoms with Crippen molar-refractivity contribution < 1.29 is 9.53 Å². The van der Waals surface area contributed by atoms with E-state index in [1.54, 1.807) is 30.6 Å². The van der Waals surface area contributed by atoms with E-state index in [9.17, 15) is 4.79 Å². The Bertz CT molecular complexity index is 908. The Balaban J connectivity index is 1.82. The molecule has 6 nitrogen and oxygen atoms in total. The fourth-order valence-corrected chi connectivity index (χ4v) is 2.56. The molecule has 1 aliphatic rings. The molecular formula is C16H12N4O2. The molecule has 1 aliphatic heterocycles. The number of rotatable bonds is 2. The molecule has 2 aromatic heterocycles. The normalized spacial score (nSPS) is 13.0. The van der Waals surface area contributed by atoms with Crippen LogP contribution < -0.4 is 15.8 Å². The van der Waals surface area contributed by atoms with Crippen LogP contribution in [-0.2, 0) is 11.2 Å². The Hall–Kier alpha value is -3.15. The van der Waals surface area contributed by atoms with Crippen LogP contribution in [0, 0.1) is 0 Å². The third-order valence-electron chi connectivity index (χ3n) is 3.59. The molecule has 0 saturated heterocycles. The third-order valence-corrected chi connectivity index (χ3v) is 3.59. The highest BCUT2D eigenvalue weighted by Gasteiger charge is 2.23. The van der Waals surface area contributed by atoms with Crippen molar-refractivity contribution in [1.82, 2.24) is 9.97 Å². The van der Waals surface area contributed by atoms with E-state index in [4.69, 9.17) is 10.5 Å². The molecule has 108 valence electrons. The zero-order valence-corrected chi connectivity index (χ0v) is 11.5. The highest BCUT2D eigenvalue weighted by atomic mass is 16.5. The molecule has 0 spiro atoms. The van der Waals surface area contributed by atoms with Crippen molar-refractivity contribution in [2.75, 3.05) is 11.1 Å². The molecule has 0 aliphatic carbocycles. The van der Waals surface area contributed by atoms with Crippen LogP contribution in [0.1, 0.15) is 5.56 Å². The largest absolute Gasteiger partial charge is 0.455 e. The van der Waals surface area contributed by atoms with Crippen molar-refractivity contribution in [1.29, 1.82) is 0 Å². The molecule has 6 heteroatoms. The van der Waals surface area contributed by atoms with Crippen molar-refractivity contribution in [3.05, 3.63) is 48.3 Å². The van der Waals surface area contributed by atoms with E-state index in [1.165, 1.54) is 0 Å². The van der Waals surface area contributed by atoms with Gasteiger partial charge in [-0.2, -0.15) is 0 Å². The number of pyridine rings is 2. The predicted molar refractivity (Wildman–Crippen MR) is 82.8 cm³/mol. The van der Waals surface area contributed by atoms with Crippen molar-refractivity contribution in [3.63, 3.8) is 0 Å². The lowest BCUT2D eigenvalue weighted by atomic mass is 10.1. The number of nitrogens with zero attached hydrogens (tertiary/aromatic N) is 2. The minimum absolute atomic E-state index is 0.0844. The van der Waals surface area contributed by atoms with Gasteiger partial charge in [0.05, 0.1) is 6.42 Å². The van der Waals surface area contributed by atoms with E-state index in [-0.39, 0.29) is 12.3 Å². The number of carbonyl (C=O) groups excluding carboxylic acids is 1. The number of amides is 1. The molecule has 1 aromatic carbocycles. The molecule has 0 saturated carbocycles. The van der Waals surface area contributed by atoms with Crippen LogP contribution >= 0.6 is 0 Å². The average Bonchev–Trinajstić information content (AvgIpc) is 2.92. The minimum atomic E-state index is -0.0844. The van der Waals surface area contributed by atoms with Crippen LogP contribution in [0.25, 0.3) is 10.9 Å². The molecule has 0 atom stereocenters. The molecule has 0 unspecified atom stereocenters. The van der Waals surface area contributed by atoms with Crippen LogP contribution in [0.4, 0.5) is 11.5 Å². The standard InChI is InChI=1S/C16H12N4O2/c17-11-3-4-13(15-9(11)2-1-6-18-15)22-12-5-7-19-16-10(12)8-14(21)20-16/h1-7H,8,17H2,(H,19,20,21). The first kappa shape index (κ1) is 12.6. The zero-order chi connectivity index (χ0) is 15.1. The number of nitrogen functional groups attached to an aromatic ring is 1. The Morgan fingerprint density at radius 3 is 2.91 bits per heavy atom. The summed E-state index contributed by atoms with van der Waals surface area (Å²) in [6.07, 6.45) is 3.56. The second-order valence-electron chi connectivity index (χ2n) is 5.02. The topological polar surface area (TPSA) is 90.1 Å². The first-order valence-electron chi connectivity index (χ1n) is 6.81. The average molecular weight is 292 g/mol. The highest BCUT2D eigenvalue weighted by Crippen LogP contribution is 2.36. The number of hydrogen-bond donors (Lipinski definition) is 2. The summed E-state index contributed by atoms with van der Waals surface area (Å²) >= 11 is 0. The van der Waals surface area contributed by atoms with E-state index >= 15 is 0 Å². The van der Waals surface area contributed by atoms with Gasteiger partial charge >= 0.3 is 0 Å². The molecular weight excluding hydrogens is 280 g/mol. The van der Waals surface area contributed by atoms with Crippen molar-refractivity contribution in [2.24, 2.45) is 0 Å². The molecule has 4 rings (SSSR count). The number of benzene rings is 1. The van der Waals surface area contributed by atoms with E-state index in [0.717, 1.165) is 10.9 Å². The second kappa shape index (κ2) is 4.70. The predicted octanol–water partition coefficient (Wildman–Crippen LogP) is 2.50. The first-order chi connectivity index (χ1) is 10.7. The fraction of sp³-hybridized carbons (Fsp3) is 0.0625. The zero-order valence-electron chi connectivity index (χ0n) is 11.5. The number of fused-ring (bicyclic) bond motifs is 2. The maximum Gasteiger partial charge on any atom is 0.230 e. The van der Waals surface area contributed by atoms with Gasteiger partial charge in [-0.1, -0.05) is 0 Å². The lowest BCUT2D eigenvalue weighted by molar-refractivity contribution is -0.115. The van der Waals surface area contributed by atoms with Crippen molar-refractivity contribution >= 4 is 28.3 Å². The van der Waals surface area contributed by atoms with Crippen LogP contribution in [0.5, 0.6) is 11.5 Å². The van der Waals surface area contributed by atoms with Gasteiger partial charge in [0, 0.05) is 29.0 Å². The van der Waals surface area contributed by atoms with E-state index in [2.05, 4.69) is 15.3 Å². The summed E-state index contributed by atoms with van der Waals surface area (Å²) in [4.78, 5) is 20.0. The fourth-order valence-electron chi connectivity index (χ4n) is 2.56. The van der Waals surface area contributed by atoms with Gasteiger partial charge in [-0.15, -0.1) is 0 Å². The van der Waals surface area contributed by atoms with Gasteiger partial charge < -0.3 is 15.8 Å². The molecule has 0 bridgehead atoms. The monoisotopic (exact) mass is 292 g/mol. The summed E-state index contributed by atoms with van der Waals surface area (Å²) in [6.45, 7) is 0.